The van der Waals surface area contributed by atoms with Crippen molar-refractivity contribution < 1.29 is 33.2 Å². The number of ether oxygens (including phenoxy) is 6. The Kier molecular flexibility index (Phi) is 27.6. The van der Waals surface area contributed by atoms with Gasteiger partial charge in [-0.3, -0.25) is 4.79 Å². The van der Waals surface area contributed by atoms with E-state index in [2.05, 4.69) is 6.58 Å². The number of hydrogen-bond donors (Lipinski definition) is 0. The highest BCUT2D eigenvalue weighted by molar-refractivity contribution is 5.92. The molecule has 0 unspecified atom stereocenters. The van der Waals surface area contributed by atoms with Gasteiger partial charge < -0.3 is 33.3 Å². The van der Waals surface area contributed by atoms with Crippen molar-refractivity contribution in [2.75, 3.05) is 55.7 Å². The van der Waals surface area contributed by atoms with Crippen molar-refractivity contribution in [1.82, 2.24) is 4.90 Å². The van der Waals surface area contributed by atoms with Gasteiger partial charge in [-0.05, 0) is 32.6 Å². The predicted octanol–water partition coefficient (Wildman–Crippen LogP) is 9.16. The third-order valence-corrected chi connectivity index (χ3v) is 8.84. The van der Waals surface area contributed by atoms with Gasteiger partial charge in [0.05, 0.1) is 0 Å². The summed E-state index contributed by atoms with van der Waals surface area (Å²) in [6.45, 7) is 7.46. The Bertz CT molecular complexity index is 619. The first kappa shape index (κ1) is 43.0. The van der Waals surface area contributed by atoms with Gasteiger partial charge in [0.15, 0.2) is 0 Å². The Hall–Kier alpha value is -1.03. The summed E-state index contributed by atoms with van der Waals surface area (Å²) < 4.78 is 32.1. The largest absolute Gasteiger partial charge is 0.339 e. The molecule has 0 aromatic carbocycles. The van der Waals surface area contributed by atoms with Crippen LogP contribution in [-0.4, -0.2) is 78.5 Å². The smallest absolute Gasteiger partial charge is 0.282 e. The summed E-state index contributed by atoms with van der Waals surface area (Å²) in [7, 11) is 9.74. The fraction of sp³-hybridized carbons (Fsp3) is 0.917. The minimum atomic E-state index is -0.888. The molecule has 0 fully saturated rings. The summed E-state index contributed by atoms with van der Waals surface area (Å²) in [5.74, 6) is -1.65. The summed E-state index contributed by atoms with van der Waals surface area (Å²) in [5.41, 5.74) is 0.653. The molecule has 8 heteroatoms. The van der Waals surface area contributed by atoms with Crippen LogP contribution in [0.3, 0.4) is 0 Å². The van der Waals surface area contributed by atoms with E-state index in [4.69, 9.17) is 28.4 Å². The van der Waals surface area contributed by atoms with E-state index in [1.54, 1.807) is 42.7 Å². The van der Waals surface area contributed by atoms with Gasteiger partial charge in [-0.1, -0.05) is 109 Å². The predicted molar refractivity (Wildman–Crippen MR) is 180 cm³/mol. The second-order valence-corrected chi connectivity index (χ2v) is 12.2. The molecule has 0 aromatic rings. The van der Waals surface area contributed by atoms with E-state index in [9.17, 15) is 4.79 Å². The lowest BCUT2D eigenvalue weighted by molar-refractivity contribution is -0.355. The normalized spacial score (nSPS) is 12.2. The maximum absolute atomic E-state index is 12.7. The van der Waals surface area contributed by atoms with Crippen molar-refractivity contribution in [2.45, 2.75) is 160 Å². The molecule has 0 saturated heterocycles. The van der Waals surface area contributed by atoms with E-state index in [1.807, 2.05) is 11.8 Å². The molecule has 0 atom stereocenters. The number of amides is 1. The first-order valence-electron chi connectivity index (χ1n) is 17.5. The Balaban J connectivity index is 3.83. The number of nitrogens with zero attached hydrogens (tertiary/aromatic N) is 1. The zero-order chi connectivity index (χ0) is 32.9. The van der Waals surface area contributed by atoms with Crippen LogP contribution in [0, 0.1) is 0 Å². The SMILES string of the molecule is C=C(C)C(=O)N(CCCCCCCCCCCCC(OC)(OC)OC)CCCCCCCCCCCCC(OC)(OC)OC. The van der Waals surface area contributed by atoms with Crippen LogP contribution in [-0.2, 0) is 33.2 Å². The molecule has 0 aliphatic carbocycles. The number of rotatable bonds is 33. The second-order valence-electron chi connectivity index (χ2n) is 12.2. The minimum Gasteiger partial charge on any atom is -0.339 e. The van der Waals surface area contributed by atoms with E-state index in [0.717, 1.165) is 51.6 Å². The van der Waals surface area contributed by atoms with Crippen molar-refractivity contribution in [2.24, 2.45) is 0 Å². The summed E-state index contributed by atoms with van der Waals surface area (Å²) in [4.78, 5) is 14.7. The summed E-state index contributed by atoms with van der Waals surface area (Å²) >= 11 is 0. The Morgan fingerprint density at radius 3 is 0.909 bits per heavy atom. The van der Waals surface area contributed by atoms with Crippen LogP contribution in [0.15, 0.2) is 12.2 Å². The maximum Gasteiger partial charge on any atom is 0.282 e. The van der Waals surface area contributed by atoms with E-state index >= 15 is 0 Å². The Morgan fingerprint density at radius 1 is 0.455 bits per heavy atom. The molecule has 0 aliphatic rings. The number of methoxy groups -OCH3 is 6. The highest BCUT2D eigenvalue weighted by Gasteiger charge is 2.29. The monoisotopic (exact) mass is 630 g/mol. The van der Waals surface area contributed by atoms with Crippen molar-refractivity contribution in [3.8, 4) is 0 Å². The van der Waals surface area contributed by atoms with Gasteiger partial charge in [-0.25, -0.2) is 0 Å². The lowest BCUT2D eigenvalue weighted by atomic mass is 10.0. The molecule has 0 aromatic heterocycles. The van der Waals surface area contributed by atoms with Crippen molar-refractivity contribution >= 4 is 5.91 Å². The highest BCUT2D eigenvalue weighted by atomic mass is 16.9. The minimum absolute atomic E-state index is 0.127. The quantitative estimate of drug-likeness (QED) is 0.0407. The molecule has 0 N–H and O–H groups in total. The van der Waals surface area contributed by atoms with Crippen LogP contribution < -0.4 is 0 Å². The molecule has 0 radical (unpaired) electrons. The van der Waals surface area contributed by atoms with Crippen LogP contribution in [0.1, 0.15) is 148 Å². The van der Waals surface area contributed by atoms with E-state index in [-0.39, 0.29) is 5.91 Å². The van der Waals surface area contributed by atoms with Gasteiger partial charge in [-0.2, -0.15) is 0 Å². The number of carbonyl (C=O) groups is 1. The van der Waals surface area contributed by atoms with Gasteiger partial charge in [0, 0.05) is 74.2 Å². The summed E-state index contributed by atoms with van der Waals surface area (Å²) in [6, 6.07) is 0. The maximum atomic E-state index is 12.7. The van der Waals surface area contributed by atoms with Gasteiger partial charge in [0.25, 0.3) is 11.9 Å². The molecule has 0 saturated carbocycles. The third kappa shape index (κ3) is 20.2. The van der Waals surface area contributed by atoms with Gasteiger partial charge in [0.1, 0.15) is 0 Å². The fourth-order valence-electron chi connectivity index (χ4n) is 5.81. The molecule has 0 spiro atoms. The lowest BCUT2D eigenvalue weighted by Crippen LogP contribution is -2.35. The lowest BCUT2D eigenvalue weighted by Gasteiger charge is -2.28. The van der Waals surface area contributed by atoms with Crippen LogP contribution in [0.4, 0.5) is 0 Å². The Morgan fingerprint density at radius 2 is 0.682 bits per heavy atom. The second kappa shape index (κ2) is 28.2. The van der Waals surface area contributed by atoms with E-state index in [0.29, 0.717) is 5.57 Å². The molecule has 8 nitrogen and oxygen atoms in total. The van der Waals surface area contributed by atoms with E-state index < -0.39 is 11.9 Å². The highest BCUT2D eigenvalue weighted by Crippen LogP contribution is 2.23. The zero-order valence-electron chi connectivity index (χ0n) is 30.0. The van der Waals surface area contributed by atoms with Crippen LogP contribution >= 0.6 is 0 Å². The molecule has 0 heterocycles. The van der Waals surface area contributed by atoms with Gasteiger partial charge in [0.2, 0.25) is 5.91 Å². The van der Waals surface area contributed by atoms with Crippen molar-refractivity contribution in [1.29, 1.82) is 0 Å². The molecular formula is C36H71NO7. The number of carbonyl (C=O) groups excluding carboxylic acids is 1. The molecule has 0 aliphatic heterocycles. The molecular weight excluding hydrogens is 558 g/mol. The van der Waals surface area contributed by atoms with Crippen LogP contribution in [0.25, 0.3) is 0 Å². The molecule has 0 bridgehead atoms. The average Bonchev–Trinajstić information content (AvgIpc) is 3.04. The first-order chi connectivity index (χ1) is 21.3. The van der Waals surface area contributed by atoms with Gasteiger partial charge >= 0.3 is 0 Å². The number of hydrogen-bond acceptors (Lipinski definition) is 7. The van der Waals surface area contributed by atoms with Crippen LogP contribution in [0.2, 0.25) is 0 Å². The zero-order valence-corrected chi connectivity index (χ0v) is 30.0. The molecule has 1 amide bonds. The number of unbranched alkanes of at least 4 members (excludes halogenated alkanes) is 18. The molecule has 44 heavy (non-hydrogen) atoms. The van der Waals surface area contributed by atoms with Crippen LogP contribution in [0.5, 0.6) is 0 Å². The van der Waals surface area contributed by atoms with E-state index in [1.165, 1.54) is 103 Å². The Labute approximate surface area is 271 Å². The fourth-order valence-corrected chi connectivity index (χ4v) is 5.81. The van der Waals surface area contributed by atoms with Crippen molar-refractivity contribution in [3.63, 3.8) is 0 Å². The first-order valence-corrected chi connectivity index (χ1v) is 17.5. The third-order valence-electron chi connectivity index (χ3n) is 8.84. The van der Waals surface area contributed by atoms with Gasteiger partial charge in [-0.15, -0.1) is 0 Å². The molecule has 262 valence electrons. The molecule has 0 rings (SSSR count). The summed E-state index contributed by atoms with van der Waals surface area (Å²) in [6.07, 6.45) is 25.8. The average molecular weight is 630 g/mol. The standard InChI is InChI=1S/C36H71NO7/c1-33(2)34(38)37(31-27-23-19-15-11-9-13-17-21-25-29-35(39-3,40-4)41-5)32-28-24-20-16-12-10-14-18-22-26-30-36(42-6,43-7)44-8/h1,9-32H2,2-8H3. The summed E-state index contributed by atoms with van der Waals surface area (Å²) in [5, 5.41) is 0. The van der Waals surface area contributed by atoms with Crippen molar-refractivity contribution in [3.05, 3.63) is 12.2 Å². The topological polar surface area (TPSA) is 75.7 Å².